The van der Waals surface area contributed by atoms with Crippen LogP contribution in [0.3, 0.4) is 0 Å². The Morgan fingerprint density at radius 1 is 1.40 bits per heavy atom. The van der Waals surface area contributed by atoms with Crippen LogP contribution in [0.5, 0.6) is 0 Å². The molecule has 0 aliphatic rings. The maximum atomic E-state index is 11.5. The molecule has 0 bridgehead atoms. The highest BCUT2D eigenvalue weighted by molar-refractivity contribution is 6.74. The van der Waals surface area contributed by atoms with Gasteiger partial charge in [-0.05, 0) is 24.6 Å². The number of nitrogens with zero attached hydrogens (tertiary/aromatic N) is 1. The molecule has 0 N–H and O–H groups in total. The number of carbonyl (C=O) groups is 1. The van der Waals surface area contributed by atoms with Crippen LogP contribution in [0.2, 0.25) is 18.1 Å². The highest BCUT2D eigenvalue weighted by Gasteiger charge is 2.38. The molecule has 4 nitrogen and oxygen atoms in total. The lowest BCUT2D eigenvalue weighted by atomic mass is 10.2. The second-order valence-electron chi connectivity index (χ2n) is 6.31. The monoisotopic (exact) mass is 299 g/mol. The summed E-state index contributed by atoms with van der Waals surface area (Å²) < 4.78 is 6.23. The van der Waals surface area contributed by atoms with E-state index in [9.17, 15) is 4.79 Å². The van der Waals surface area contributed by atoms with Gasteiger partial charge in [-0.3, -0.25) is 9.63 Å². The van der Waals surface area contributed by atoms with Gasteiger partial charge in [-0.25, -0.2) is 5.06 Å². The first kappa shape index (κ1) is 19.1. The van der Waals surface area contributed by atoms with Crippen molar-refractivity contribution in [1.29, 1.82) is 0 Å². The Bertz CT molecular complexity index is 359. The molecule has 0 spiro atoms. The molecule has 20 heavy (non-hydrogen) atoms. The number of amides is 1. The van der Waals surface area contributed by atoms with Gasteiger partial charge in [0.2, 0.25) is 0 Å². The van der Waals surface area contributed by atoms with E-state index in [4.69, 9.17) is 9.26 Å². The number of hydroxylamine groups is 2. The highest BCUT2D eigenvalue weighted by Crippen LogP contribution is 2.37. The number of hydrogen-bond donors (Lipinski definition) is 0. The van der Waals surface area contributed by atoms with Crippen molar-refractivity contribution in [1.82, 2.24) is 5.06 Å². The van der Waals surface area contributed by atoms with Gasteiger partial charge in [0.1, 0.15) is 0 Å². The minimum Gasteiger partial charge on any atom is -0.410 e. The summed E-state index contributed by atoms with van der Waals surface area (Å²) >= 11 is 0. The molecular weight excluding hydrogens is 270 g/mol. The van der Waals surface area contributed by atoms with Crippen LogP contribution in [0.15, 0.2) is 24.8 Å². The highest BCUT2D eigenvalue weighted by atomic mass is 28.4. The third kappa shape index (κ3) is 6.03. The van der Waals surface area contributed by atoms with Crippen molar-refractivity contribution in [2.75, 3.05) is 14.2 Å². The van der Waals surface area contributed by atoms with Crippen LogP contribution in [0, 0.1) is 0 Å². The molecule has 0 aromatic heterocycles. The van der Waals surface area contributed by atoms with E-state index in [1.807, 2.05) is 0 Å². The van der Waals surface area contributed by atoms with Gasteiger partial charge >= 0.3 is 0 Å². The lowest BCUT2D eigenvalue weighted by Crippen LogP contribution is -2.43. The van der Waals surface area contributed by atoms with Gasteiger partial charge in [0.15, 0.2) is 8.32 Å². The first-order valence-corrected chi connectivity index (χ1v) is 9.74. The van der Waals surface area contributed by atoms with Crippen LogP contribution in [0.25, 0.3) is 0 Å². The van der Waals surface area contributed by atoms with Crippen LogP contribution in [0.1, 0.15) is 27.2 Å². The number of likely N-dealkylation sites (N-methyl/N-ethyl adjacent to an activating group) is 1. The average molecular weight is 299 g/mol. The summed E-state index contributed by atoms with van der Waals surface area (Å²) in [4.78, 5) is 16.4. The van der Waals surface area contributed by atoms with E-state index >= 15 is 0 Å². The standard InChI is InChI=1S/C15H29NO3Si/c1-9-13(19-20(7,8)15(2,3)4)11-10-12-14(17)16(5)18-6/h9-10,12-13H,1,11H2,2-8H3/b12-10+. The van der Waals surface area contributed by atoms with Gasteiger partial charge in [-0.15, -0.1) is 6.58 Å². The molecule has 0 rings (SSSR count). The summed E-state index contributed by atoms with van der Waals surface area (Å²) in [6.07, 6.45) is 5.67. The zero-order valence-electron chi connectivity index (χ0n) is 13.9. The van der Waals surface area contributed by atoms with Crippen LogP contribution in [0.4, 0.5) is 0 Å². The normalized spacial score (nSPS) is 14.3. The minimum absolute atomic E-state index is 0.0622. The third-order valence-electron chi connectivity index (χ3n) is 3.73. The molecule has 0 fully saturated rings. The molecule has 0 aliphatic heterocycles. The molecule has 0 aromatic rings. The topological polar surface area (TPSA) is 38.8 Å². The lowest BCUT2D eigenvalue weighted by molar-refractivity contribution is -0.162. The Balaban J connectivity index is 4.55. The molecule has 0 radical (unpaired) electrons. The van der Waals surface area contributed by atoms with Crippen molar-refractivity contribution in [2.45, 2.75) is 51.4 Å². The molecule has 0 aromatic carbocycles. The summed E-state index contributed by atoms with van der Waals surface area (Å²) in [5.41, 5.74) is 0. The van der Waals surface area contributed by atoms with Gasteiger partial charge in [0.25, 0.3) is 5.91 Å². The van der Waals surface area contributed by atoms with E-state index in [0.29, 0.717) is 6.42 Å². The summed E-state index contributed by atoms with van der Waals surface area (Å²) in [7, 11) is 1.21. The number of hydrogen-bond acceptors (Lipinski definition) is 3. The molecule has 0 heterocycles. The molecule has 1 unspecified atom stereocenters. The molecule has 116 valence electrons. The third-order valence-corrected chi connectivity index (χ3v) is 8.23. The van der Waals surface area contributed by atoms with Crippen LogP contribution >= 0.6 is 0 Å². The summed E-state index contributed by atoms with van der Waals surface area (Å²) in [5.74, 6) is -0.192. The van der Waals surface area contributed by atoms with Crippen molar-refractivity contribution in [3.05, 3.63) is 24.8 Å². The molecular formula is C15H29NO3Si. The second-order valence-corrected chi connectivity index (χ2v) is 11.1. The smallest absolute Gasteiger partial charge is 0.269 e. The second kappa shape index (κ2) is 7.76. The molecule has 5 heteroatoms. The quantitative estimate of drug-likeness (QED) is 0.312. The van der Waals surface area contributed by atoms with Crippen molar-refractivity contribution in [3.8, 4) is 0 Å². The lowest BCUT2D eigenvalue weighted by Gasteiger charge is -2.38. The van der Waals surface area contributed by atoms with Crippen molar-refractivity contribution in [3.63, 3.8) is 0 Å². The van der Waals surface area contributed by atoms with Crippen LogP contribution < -0.4 is 0 Å². The zero-order chi connectivity index (χ0) is 16.0. The SMILES string of the molecule is C=CC(C/C=C/C(=O)N(C)OC)O[Si](C)(C)C(C)(C)C. The van der Waals surface area contributed by atoms with Crippen LogP contribution in [-0.4, -0.2) is 39.5 Å². The van der Waals surface area contributed by atoms with Crippen molar-refractivity contribution < 1.29 is 14.1 Å². The summed E-state index contributed by atoms with van der Waals surface area (Å²) in [6.45, 7) is 14.8. The first-order valence-electron chi connectivity index (χ1n) is 6.84. The Morgan fingerprint density at radius 3 is 2.35 bits per heavy atom. The van der Waals surface area contributed by atoms with Crippen molar-refractivity contribution in [2.24, 2.45) is 0 Å². The zero-order valence-corrected chi connectivity index (χ0v) is 14.9. The van der Waals surface area contributed by atoms with E-state index in [2.05, 4.69) is 40.4 Å². The minimum atomic E-state index is -1.82. The largest absolute Gasteiger partial charge is 0.410 e. The predicted molar refractivity (Wildman–Crippen MR) is 85.8 cm³/mol. The maximum absolute atomic E-state index is 11.5. The Kier molecular flexibility index (Phi) is 7.41. The maximum Gasteiger partial charge on any atom is 0.269 e. The van der Waals surface area contributed by atoms with E-state index < -0.39 is 8.32 Å². The van der Waals surface area contributed by atoms with Crippen LogP contribution in [-0.2, 0) is 14.1 Å². The van der Waals surface area contributed by atoms with Gasteiger partial charge < -0.3 is 4.43 Å². The average Bonchev–Trinajstić information content (AvgIpc) is 2.34. The van der Waals surface area contributed by atoms with Crippen molar-refractivity contribution >= 4 is 14.2 Å². The van der Waals surface area contributed by atoms with Gasteiger partial charge in [-0.2, -0.15) is 0 Å². The molecule has 1 atom stereocenters. The first-order chi connectivity index (χ1) is 9.05. The Labute approximate surface area is 124 Å². The molecule has 0 saturated carbocycles. The van der Waals surface area contributed by atoms with Gasteiger partial charge in [0, 0.05) is 13.1 Å². The summed E-state index contributed by atoms with van der Waals surface area (Å²) in [6, 6.07) is 0. The predicted octanol–water partition coefficient (Wildman–Crippen LogP) is 3.53. The summed E-state index contributed by atoms with van der Waals surface area (Å²) in [5, 5.41) is 1.33. The fourth-order valence-electron chi connectivity index (χ4n) is 1.25. The Morgan fingerprint density at radius 2 is 1.95 bits per heavy atom. The Hall–Kier alpha value is -0.913. The van der Waals surface area contributed by atoms with E-state index in [1.54, 1.807) is 19.2 Å². The number of rotatable bonds is 7. The van der Waals surface area contributed by atoms with Gasteiger partial charge in [-0.1, -0.05) is 32.9 Å². The number of carbonyl (C=O) groups excluding carboxylic acids is 1. The van der Waals surface area contributed by atoms with Gasteiger partial charge in [0.05, 0.1) is 13.2 Å². The fraction of sp³-hybridized carbons (Fsp3) is 0.667. The fourth-order valence-corrected chi connectivity index (χ4v) is 2.55. The van der Waals surface area contributed by atoms with E-state index in [0.717, 1.165) is 0 Å². The molecule has 1 amide bonds. The van der Waals surface area contributed by atoms with E-state index in [1.165, 1.54) is 18.2 Å². The molecule has 0 aliphatic carbocycles. The van der Waals surface area contributed by atoms with E-state index in [-0.39, 0.29) is 17.0 Å². The molecule has 0 saturated heterocycles.